The van der Waals surface area contributed by atoms with Gasteiger partial charge in [0.25, 0.3) is 5.56 Å². The van der Waals surface area contributed by atoms with E-state index in [9.17, 15) is 4.79 Å². The van der Waals surface area contributed by atoms with Gasteiger partial charge in [-0.2, -0.15) is 10.4 Å². The van der Waals surface area contributed by atoms with Crippen molar-refractivity contribution in [3.63, 3.8) is 0 Å². The van der Waals surface area contributed by atoms with Gasteiger partial charge in [0.05, 0.1) is 24.2 Å². The predicted octanol–water partition coefficient (Wildman–Crippen LogP) is 2.07. The van der Waals surface area contributed by atoms with E-state index in [4.69, 9.17) is 5.26 Å². The number of nitriles is 1. The van der Waals surface area contributed by atoms with Gasteiger partial charge in [0.2, 0.25) is 0 Å². The van der Waals surface area contributed by atoms with Crippen LogP contribution in [0.1, 0.15) is 6.92 Å². The lowest BCUT2D eigenvalue weighted by molar-refractivity contribution is 0.506. The highest BCUT2D eigenvalue weighted by atomic mass is 16.1. The highest BCUT2D eigenvalue weighted by Crippen LogP contribution is 2.14. The Balaban J connectivity index is 2.39. The van der Waals surface area contributed by atoms with Crippen molar-refractivity contribution in [1.82, 2.24) is 9.78 Å². The van der Waals surface area contributed by atoms with Gasteiger partial charge >= 0.3 is 0 Å². The summed E-state index contributed by atoms with van der Waals surface area (Å²) in [5.74, 6) is -0.235. The Bertz CT molecular complexity index is 625. The van der Waals surface area contributed by atoms with Crippen LogP contribution in [-0.4, -0.2) is 9.78 Å². The molecule has 0 aliphatic rings. The standard InChI is InChI=1S/C14H13N3O/c1-11(9-15)10-17-14(18)8-7-13(16-17)12-5-3-2-4-6-12/h2-8,11H,10H2,1H3/t11-/m0/s1. The number of aromatic nitrogens is 2. The summed E-state index contributed by atoms with van der Waals surface area (Å²) in [7, 11) is 0. The second-order valence-electron chi connectivity index (χ2n) is 4.14. The number of hydrogen-bond donors (Lipinski definition) is 0. The molecule has 0 aliphatic carbocycles. The normalized spacial score (nSPS) is 11.8. The second-order valence-corrected chi connectivity index (χ2v) is 4.14. The summed E-state index contributed by atoms with van der Waals surface area (Å²) < 4.78 is 1.34. The van der Waals surface area contributed by atoms with E-state index in [1.165, 1.54) is 10.7 Å². The van der Waals surface area contributed by atoms with Crippen LogP contribution < -0.4 is 5.56 Å². The van der Waals surface area contributed by atoms with Crippen LogP contribution in [0.3, 0.4) is 0 Å². The van der Waals surface area contributed by atoms with Crippen molar-refractivity contribution in [2.24, 2.45) is 5.92 Å². The zero-order chi connectivity index (χ0) is 13.0. The highest BCUT2D eigenvalue weighted by molar-refractivity contribution is 5.57. The molecule has 1 aromatic heterocycles. The monoisotopic (exact) mass is 239 g/mol. The summed E-state index contributed by atoms with van der Waals surface area (Å²) in [6.45, 7) is 2.08. The van der Waals surface area contributed by atoms with Crippen molar-refractivity contribution in [3.8, 4) is 17.3 Å². The first kappa shape index (κ1) is 12.1. The van der Waals surface area contributed by atoms with E-state index >= 15 is 0 Å². The largest absolute Gasteiger partial charge is 0.268 e. The zero-order valence-corrected chi connectivity index (χ0v) is 10.1. The van der Waals surface area contributed by atoms with Crippen LogP contribution in [0.2, 0.25) is 0 Å². The fraction of sp³-hybridized carbons (Fsp3) is 0.214. The van der Waals surface area contributed by atoms with Crippen LogP contribution in [0, 0.1) is 17.2 Å². The molecule has 0 saturated carbocycles. The average molecular weight is 239 g/mol. The van der Waals surface area contributed by atoms with Gasteiger partial charge in [-0.3, -0.25) is 4.79 Å². The van der Waals surface area contributed by atoms with E-state index in [1.807, 2.05) is 30.3 Å². The molecular weight excluding hydrogens is 226 g/mol. The third-order valence-corrected chi connectivity index (χ3v) is 2.60. The summed E-state index contributed by atoms with van der Waals surface area (Å²) in [4.78, 5) is 11.6. The Hall–Kier alpha value is -2.41. The maximum Gasteiger partial charge on any atom is 0.266 e. The molecule has 0 fully saturated rings. The Morgan fingerprint density at radius 3 is 2.67 bits per heavy atom. The Morgan fingerprint density at radius 1 is 1.28 bits per heavy atom. The fourth-order valence-electron chi connectivity index (χ4n) is 1.64. The van der Waals surface area contributed by atoms with Gasteiger partial charge in [-0.05, 0) is 13.0 Å². The fourth-order valence-corrected chi connectivity index (χ4v) is 1.64. The van der Waals surface area contributed by atoms with Gasteiger partial charge in [0.15, 0.2) is 0 Å². The number of rotatable bonds is 3. The molecule has 18 heavy (non-hydrogen) atoms. The maximum absolute atomic E-state index is 11.6. The van der Waals surface area contributed by atoms with Gasteiger partial charge in [-0.15, -0.1) is 0 Å². The van der Waals surface area contributed by atoms with E-state index in [0.717, 1.165) is 11.3 Å². The molecule has 0 saturated heterocycles. The molecule has 0 bridgehead atoms. The lowest BCUT2D eigenvalue weighted by Crippen LogP contribution is -2.24. The van der Waals surface area contributed by atoms with Crippen LogP contribution in [0.4, 0.5) is 0 Å². The van der Waals surface area contributed by atoms with Crippen molar-refractivity contribution >= 4 is 0 Å². The molecule has 0 unspecified atom stereocenters. The molecule has 2 rings (SSSR count). The van der Waals surface area contributed by atoms with Gasteiger partial charge in [-0.25, -0.2) is 4.68 Å². The Labute approximate surface area is 105 Å². The molecular formula is C14H13N3O. The number of nitrogens with zero attached hydrogens (tertiary/aromatic N) is 3. The SMILES string of the molecule is C[C@@H](C#N)Cn1nc(-c2ccccc2)ccc1=O. The minimum atomic E-state index is -0.235. The maximum atomic E-state index is 11.6. The molecule has 90 valence electrons. The lowest BCUT2D eigenvalue weighted by atomic mass is 10.1. The van der Waals surface area contributed by atoms with E-state index < -0.39 is 0 Å². The minimum Gasteiger partial charge on any atom is -0.268 e. The third kappa shape index (κ3) is 2.64. The molecule has 0 spiro atoms. The molecule has 1 atom stereocenters. The molecule has 0 amide bonds. The van der Waals surface area contributed by atoms with E-state index in [-0.39, 0.29) is 11.5 Å². The molecule has 1 heterocycles. The first-order chi connectivity index (χ1) is 8.70. The van der Waals surface area contributed by atoms with Crippen molar-refractivity contribution in [2.45, 2.75) is 13.5 Å². The predicted molar refractivity (Wildman–Crippen MR) is 68.7 cm³/mol. The third-order valence-electron chi connectivity index (χ3n) is 2.60. The van der Waals surface area contributed by atoms with Gasteiger partial charge < -0.3 is 0 Å². The van der Waals surface area contributed by atoms with E-state index in [2.05, 4.69) is 11.2 Å². The topological polar surface area (TPSA) is 58.7 Å². The molecule has 4 nitrogen and oxygen atoms in total. The van der Waals surface area contributed by atoms with Crippen LogP contribution in [-0.2, 0) is 6.54 Å². The first-order valence-electron chi connectivity index (χ1n) is 5.74. The molecule has 0 radical (unpaired) electrons. The highest BCUT2D eigenvalue weighted by Gasteiger charge is 2.06. The molecule has 0 N–H and O–H groups in total. The van der Waals surface area contributed by atoms with E-state index in [1.54, 1.807) is 13.0 Å². The summed E-state index contributed by atoms with van der Waals surface area (Å²) in [6.07, 6.45) is 0. The van der Waals surface area contributed by atoms with Crippen LogP contribution in [0.25, 0.3) is 11.3 Å². The Kier molecular flexibility index (Phi) is 3.54. The van der Waals surface area contributed by atoms with Crippen LogP contribution in [0.15, 0.2) is 47.3 Å². The van der Waals surface area contributed by atoms with Crippen molar-refractivity contribution in [2.75, 3.05) is 0 Å². The zero-order valence-electron chi connectivity index (χ0n) is 10.1. The molecule has 4 heteroatoms. The quantitative estimate of drug-likeness (QED) is 0.823. The summed E-state index contributed by atoms with van der Waals surface area (Å²) in [6, 6.07) is 14.9. The van der Waals surface area contributed by atoms with Crippen LogP contribution >= 0.6 is 0 Å². The summed E-state index contributed by atoms with van der Waals surface area (Å²) in [5, 5.41) is 13.1. The molecule has 2 aromatic rings. The first-order valence-corrected chi connectivity index (χ1v) is 5.74. The van der Waals surface area contributed by atoms with Crippen molar-refractivity contribution in [1.29, 1.82) is 5.26 Å². The molecule has 0 aliphatic heterocycles. The van der Waals surface area contributed by atoms with Crippen molar-refractivity contribution in [3.05, 3.63) is 52.8 Å². The van der Waals surface area contributed by atoms with Gasteiger partial charge in [-0.1, -0.05) is 30.3 Å². The lowest BCUT2D eigenvalue weighted by Gasteiger charge is -2.07. The number of hydrogen-bond acceptors (Lipinski definition) is 3. The summed E-state index contributed by atoms with van der Waals surface area (Å²) in [5.41, 5.74) is 1.51. The molecule has 1 aromatic carbocycles. The van der Waals surface area contributed by atoms with E-state index in [0.29, 0.717) is 6.54 Å². The van der Waals surface area contributed by atoms with Crippen molar-refractivity contribution < 1.29 is 0 Å². The second kappa shape index (κ2) is 5.28. The van der Waals surface area contributed by atoms with Gasteiger partial charge in [0.1, 0.15) is 0 Å². The minimum absolute atomic E-state index is 0.184. The van der Waals surface area contributed by atoms with Gasteiger partial charge in [0, 0.05) is 11.6 Å². The average Bonchev–Trinajstić information content (AvgIpc) is 2.42. The smallest absolute Gasteiger partial charge is 0.266 e. The van der Waals surface area contributed by atoms with Crippen LogP contribution in [0.5, 0.6) is 0 Å². The Morgan fingerprint density at radius 2 is 2.00 bits per heavy atom. The summed E-state index contributed by atoms with van der Waals surface area (Å²) >= 11 is 0. The number of benzene rings is 1.